The van der Waals surface area contributed by atoms with Crippen LogP contribution in [0.25, 0.3) is 0 Å². The molecule has 0 bridgehead atoms. The molecule has 0 saturated heterocycles. The molecule has 0 N–H and O–H groups in total. The fraction of sp³-hybridized carbons (Fsp3) is 0.923. The maximum atomic E-state index is 10.8. The Labute approximate surface area is 92.4 Å². The number of rotatable bonds is 6. The number of carbonyl (C=O) groups excluding carboxylic acids is 1. The minimum atomic E-state index is 0.465. The summed E-state index contributed by atoms with van der Waals surface area (Å²) in [6.07, 6.45) is 8.41. The SMILES string of the molecule is CCCCCOC1CC(C2CC(=O)C2)C1. The molecule has 86 valence electrons. The largest absolute Gasteiger partial charge is 0.378 e. The van der Waals surface area contributed by atoms with Gasteiger partial charge in [0.05, 0.1) is 6.10 Å². The molecule has 0 radical (unpaired) electrons. The number of ketones is 1. The molecular formula is C13H22O2. The van der Waals surface area contributed by atoms with E-state index in [4.69, 9.17) is 4.74 Å². The smallest absolute Gasteiger partial charge is 0.133 e. The van der Waals surface area contributed by atoms with Gasteiger partial charge >= 0.3 is 0 Å². The van der Waals surface area contributed by atoms with Gasteiger partial charge in [-0.1, -0.05) is 19.8 Å². The predicted molar refractivity (Wildman–Crippen MR) is 59.7 cm³/mol. The van der Waals surface area contributed by atoms with E-state index < -0.39 is 0 Å². The summed E-state index contributed by atoms with van der Waals surface area (Å²) in [5.74, 6) is 1.99. The maximum Gasteiger partial charge on any atom is 0.133 e. The summed E-state index contributed by atoms with van der Waals surface area (Å²) in [4.78, 5) is 10.8. The highest BCUT2D eigenvalue weighted by Gasteiger charge is 2.41. The second-order valence-corrected chi connectivity index (χ2v) is 5.14. The third-order valence-corrected chi connectivity index (χ3v) is 3.88. The minimum Gasteiger partial charge on any atom is -0.378 e. The quantitative estimate of drug-likeness (QED) is 0.630. The lowest BCUT2D eigenvalue weighted by Gasteiger charge is -2.43. The number of carbonyl (C=O) groups is 1. The molecule has 2 aliphatic rings. The monoisotopic (exact) mass is 210 g/mol. The lowest BCUT2D eigenvalue weighted by Crippen LogP contribution is -2.41. The number of hydrogen-bond donors (Lipinski definition) is 0. The Kier molecular flexibility index (Phi) is 3.79. The van der Waals surface area contributed by atoms with Crippen molar-refractivity contribution in [2.45, 2.75) is 58.0 Å². The molecule has 2 fully saturated rings. The Morgan fingerprint density at radius 1 is 1.20 bits per heavy atom. The summed E-state index contributed by atoms with van der Waals surface area (Å²) in [5.41, 5.74) is 0. The van der Waals surface area contributed by atoms with Crippen LogP contribution in [-0.4, -0.2) is 18.5 Å². The molecule has 0 spiro atoms. The van der Waals surface area contributed by atoms with Crippen molar-refractivity contribution in [1.82, 2.24) is 0 Å². The van der Waals surface area contributed by atoms with Crippen LogP contribution in [0.2, 0.25) is 0 Å². The molecule has 2 rings (SSSR count). The van der Waals surface area contributed by atoms with Gasteiger partial charge in [-0.25, -0.2) is 0 Å². The molecule has 2 saturated carbocycles. The number of ether oxygens (including phenoxy) is 1. The summed E-state index contributed by atoms with van der Waals surface area (Å²) in [7, 11) is 0. The van der Waals surface area contributed by atoms with Gasteiger partial charge in [-0.2, -0.15) is 0 Å². The van der Waals surface area contributed by atoms with Crippen molar-refractivity contribution in [2.75, 3.05) is 6.61 Å². The van der Waals surface area contributed by atoms with Crippen molar-refractivity contribution in [2.24, 2.45) is 11.8 Å². The number of hydrogen-bond acceptors (Lipinski definition) is 2. The zero-order valence-corrected chi connectivity index (χ0v) is 9.71. The standard InChI is InChI=1S/C13H22O2/c1-2-3-4-5-15-13-8-11(9-13)10-6-12(14)7-10/h10-11,13H,2-9H2,1H3. The van der Waals surface area contributed by atoms with E-state index in [1.807, 2.05) is 0 Å². The highest BCUT2D eigenvalue weighted by Crippen LogP contribution is 2.43. The van der Waals surface area contributed by atoms with E-state index in [1.165, 1.54) is 32.1 Å². The first-order chi connectivity index (χ1) is 7.29. The van der Waals surface area contributed by atoms with Crippen LogP contribution in [0.5, 0.6) is 0 Å². The summed E-state index contributed by atoms with van der Waals surface area (Å²) in [5, 5.41) is 0. The third kappa shape index (κ3) is 2.81. The van der Waals surface area contributed by atoms with Crippen LogP contribution in [-0.2, 0) is 9.53 Å². The summed E-state index contributed by atoms with van der Waals surface area (Å²) < 4.78 is 5.77. The van der Waals surface area contributed by atoms with E-state index in [9.17, 15) is 4.79 Å². The van der Waals surface area contributed by atoms with E-state index in [2.05, 4.69) is 6.92 Å². The van der Waals surface area contributed by atoms with Crippen molar-refractivity contribution < 1.29 is 9.53 Å². The van der Waals surface area contributed by atoms with Gasteiger partial charge in [0.1, 0.15) is 5.78 Å². The topological polar surface area (TPSA) is 26.3 Å². The molecule has 2 heteroatoms. The summed E-state index contributed by atoms with van der Waals surface area (Å²) >= 11 is 0. The van der Waals surface area contributed by atoms with Crippen LogP contribution in [0.1, 0.15) is 51.9 Å². The normalized spacial score (nSPS) is 31.1. The fourth-order valence-electron chi connectivity index (χ4n) is 2.59. The van der Waals surface area contributed by atoms with Crippen molar-refractivity contribution in [1.29, 1.82) is 0 Å². The van der Waals surface area contributed by atoms with E-state index in [0.29, 0.717) is 17.8 Å². The van der Waals surface area contributed by atoms with Gasteiger partial charge in [-0.15, -0.1) is 0 Å². The van der Waals surface area contributed by atoms with Gasteiger partial charge in [-0.05, 0) is 31.1 Å². The predicted octanol–water partition coefficient (Wildman–Crippen LogP) is 2.95. The lowest BCUT2D eigenvalue weighted by molar-refractivity contribution is -0.133. The van der Waals surface area contributed by atoms with Crippen LogP contribution in [0.3, 0.4) is 0 Å². The molecule has 0 aromatic rings. The van der Waals surface area contributed by atoms with Gasteiger partial charge in [0.25, 0.3) is 0 Å². The maximum absolute atomic E-state index is 10.8. The Morgan fingerprint density at radius 3 is 2.53 bits per heavy atom. The molecule has 2 aliphatic carbocycles. The van der Waals surface area contributed by atoms with E-state index >= 15 is 0 Å². The molecule has 0 atom stereocenters. The molecule has 0 heterocycles. The van der Waals surface area contributed by atoms with Crippen LogP contribution in [0, 0.1) is 11.8 Å². The molecule has 0 aliphatic heterocycles. The Balaban J connectivity index is 1.49. The van der Waals surface area contributed by atoms with Crippen molar-refractivity contribution >= 4 is 5.78 Å². The average molecular weight is 210 g/mol. The lowest BCUT2D eigenvalue weighted by atomic mass is 9.65. The minimum absolute atomic E-state index is 0.465. The van der Waals surface area contributed by atoms with Crippen molar-refractivity contribution in [3.05, 3.63) is 0 Å². The number of Topliss-reactive ketones (excluding diaryl/α,β-unsaturated/α-hetero) is 1. The zero-order valence-electron chi connectivity index (χ0n) is 9.71. The Morgan fingerprint density at radius 2 is 1.93 bits per heavy atom. The first-order valence-electron chi connectivity index (χ1n) is 6.43. The molecule has 0 aromatic heterocycles. The second kappa shape index (κ2) is 5.11. The van der Waals surface area contributed by atoms with E-state index in [1.54, 1.807) is 0 Å². The van der Waals surface area contributed by atoms with Gasteiger partial charge < -0.3 is 4.74 Å². The fourth-order valence-corrected chi connectivity index (χ4v) is 2.59. The average Bonchev–Trinajstić information content (AvgIpc) is 2.11. The molecule has 0 aromatic carbocycles. The van der Waals surface area contributed by atoms with Crippen molar-refractivity contribution in [3.8, 4) is 0 Å². The first kappa shape index (κ1) is 11.1. The van der Waals surface area contributed by atoms with Crippen LogP contribution in [0.4, 0.5) is 0 Å². The van der Waals surface area contributed by atoms with Crippen LogP contribution >= 0.6 is 0 Å². The van der Waals surface area contributed by atoms with E-state index in [0.717, 1.165) is 25.4 Å². The highest BCUT2D eigenvalue weighted by atomic mass is 16.5. The third-order valence-electron chi connectivity index (χ3n) is 3.88. The molecular weight excluding hydrogens is 188 g/mol. The zero-order chi connectivity index (χ0) is 10.7. The van der Waals surface area contributed by atoms with Crippen LogP contribution < -0.4 is 0 Å². The molecule has 0 amide bonds. The highest BCUT2D eigenvalue weighted by molar-refractivity contribution is 5.84. The molecule has 2 nitrogen and oxygen atoms in total. The van der Waals surface area contributed by atoms with Crippen molar-refractivity contribution in [3.63, 3.8) is 0 Å². The Hall–Kier alpha value is -0.370. The Bertz CT molecular complexity index is 211. The molecule has 0 unspecified atom stereocenters. The molecule has 15 heavy (non-hydrogen) atoms. The van der Waals surface area contributed by atoms with Gasteiger partial charge in [-0.3, -0.25) is 4.79 Å². The van der Waals surface area contributed by atoms with Gasteiger partial charge in [0, 0.05) is 19.4 Å². The van der Waals surface area contributed by atoms with Gasteiger partial charge in [0.15, 0.2) is 0 Å². The van der Waals surface area contributed by atoms with E-state index in [-0.39, 0.29) is 0 Å². The summed E-state index contributed by atoms with van der Waals surface area (Å²) in [6, 6.07) is 0. The summed E-state index contributed by atoms with van der Waals surface area (Å²) in [6.45, 7) is 3.15. The first-order valence-corrected chi connectivity index (χ1v) is 6.43. The van der Waals surface area contributed by atoms with Gasteiger partial charge in [0.2, 0.25) is 0 Å². The van der Waals surface area contributed by atoms with Crippen LogP contribution in [0.15, 0.2) is 0 Å². The second-order valence-electron chi connectivity index (χ2n) is 5.14. The number of unbranched alkanes of at least 4 members (excludes halogenated alkanes) is 2.